The molecule has 0 aliphatic heterocycles. The summed E-state index contributed by atoms with van der Waals surface area (Å²) in [4.78, 5) is 11.1. The van der Waals surface area contributed by atoms with Crippen LogP contribution in [0.3, 0.4) is 0 Å². The molecule has 0 saturated carbocycles. The van der Waals surface area contributed by atoms with Crippen molar-refractivity contribution in [2.45, 2.75) is 26.7 Å². The Morgan fingerprint density at radius 3 is 2.40 bits per heavy atom. The van der Waals surface area contributed by atoms with E-state index in [0.717, 1.165) is 6.07 Å². The minimum atomic E-state index is -2.83. The van der Waals surface area contributed by atoms with E-state index >= 15 is 0 Å². The lowest BCUT2D eigenvalue weighted by Crippen LogP contribution is -2.03. The number of carbonyl (C=O) groups is 1. The van der Waals surface area contributed by atoms with Gasteiger partial charge in [0.1, 0.15) is 5.82 Å². The summed E-state index contributed by atoms with van der Waals surface area (Å²) in [5, 5.41) is 0. The normalized spacial score (nSPS) is 10.8. The molecule has 0 unspecified atom stereocenters. The molecule has 0 saturated heterocycles. The Balaban J connectivity index is 3.39. The van der Waals surface area contributed by atoms with Crippen LogP contribution in [0.5, 0.6) is 0 Å². The van der Waals surface area contributed by atoms with Gasteiger partial charge in [0.15, 0.2) is 5.78 Å². The van der Waals surface area contributed by atoms with Crippen LogP contribution in [0.2, 0.25) is 0 Å². The molecular weight excluding hydrogens is 205 g/mol. The van der Waals surface area contributed by atoms with Gasteiger partial charge in [-0.2, -0.15) is 0 Å². The average molecular weight is 216 g/mol. The minimum absolute atomic E-state index is 0.0942. The van der Waals surface area contributed by atoms with Crippen molar-refractivity contribution in [1.82, 2.24) is 0 Å². The van der Waals surface area contributed by atoms with Gasteiger partial charge in [0, 0.05) is 11.1 Å². The molecule has 0 amide bonds. The highest BCUT2D eigenvalue weighted by Gasteiger charge is 2.18. The van der Waals surface area contributed by atoms with E-state index in [-0.39, 0.29) is 11.1 Å². The van der Waals surface area contributed by atoms with Gasteiger partial charge in [0.05, 0.1) is 0 Å². The van der Waals surface area contributed by atoms with Gasteiger partial charge in [-0.05, 0) is 31.0 Å². The summed E-state index contributed by atoms with van der Waals surface area (Å²) in [7, 11) is 0. The second kappa shape index (κ2) is 4.47. The fraction of sp³-hybridized carbons (Fsp3) is 0.364. The van der Waals surface area contributed by atoms with E-state index in [9.17, 15) is 18.0 Å². The van der Waals surface area contributed by atoms with Crippen LogP contribution in [-0.2, 0) is 6.42 Å². The first-order valence-electron chi connectivity index (χ1n) is 4.58. The lowest BCUT2D eigenvalue weighted by atomic mass is 9.99. The first kappa shape index (κ1) is 11.8. The monoisotopic (exact) mass is 216 g/mol. The molecule has 1 aromatic carbocycles. The Morgan fingerprint density at radius 1 is 1.40 bits per heavy atom. The van der Waals surface area contributed by atoms with Crippen molar-refractivity contribution in [1.29, 1.82) is 0 Å². The van der Waals surface area contributed by atoms with Gasteiger partial charge >= 0.3 is 0 Å². The smallest absolute Gasteiger partial charge is 0.264 e. The molecule has 0 aliphatic carbocycles. The highest BCUT2D eigenvalue weighted by Crippen LogP contribution is 2.26. The van der Waals surface area contributed by atoms with Gasteiger partial charge in [-0.15, -0.1) is 0 Å². The maximum Gasteiger partial charge on any atom is 0.264 e. The summed E-state index contributed by atoms with van der Waals surface area (Å²) in [6.07, 6.45) is -2.46. The Kier molecular flexibility index (Phi) is 3.50. The molecular formula is C11H11F3O. The van der Waals surface area contributed by atoms with E-state index in [1.165, 1.54) is 13.0 Å². The van der Waals surface area contributed by atoms with Crippen LogP contribution in [0, 0.1) is 5.82 Å². The van der Waals surface area contributed by atoms with Gasteiger partial charge in [0.25, 0.3) is 6.43 Å². The van der Waals surface area contributed by atoms with Crippen molar-refractivity contribution in [3.05, 3.63) is 34.6 Å². The third kappa shape index (κ3) is 2.37. The maximum absolute atomic E-state index is 13.2. The van der Waals surface area contributed by atoms with Gasteiger partial charge in [-0.1, -0.05) is 6.92 Å². The Labute approximate surface area is 85.9 Å². The molecule has 0 radical (unpaired) electrons. The molecule has 0 bridgehead atoms. The quantitative estimate of drug-likeness (QED) is 0.706. The van der Waals surface area contributed by atoms with Crippen molar-refractivity contribution in [3.8, 4) is 0 Å². The SMILES string of the molecule is CCc1cc(C(C)=O)c(C(F)F)cc1F. The third-order valence-electron chi connectivity index (χ3n) is 2.21. The minimum Gasteiger partial charge on any atom is -0.294 e. The predicted octanol–water partition coefficient (Wildman–Crippen LogP) is 3.53. The van der Waals surface area contributed by atoms with Crippen molar-refractivity contribution >= 4 is 5.78 Å². The second-order valence-electron chi connectivity index (χ2n) is 3.24. The Morgan fingerprint density at radius 2 is 2.00 bits per heavy atom. The number of carbonyl (C=O) groups excluding carboxylic acids is 1. The molecule has 0 atom stereocenters. The number of aryl methyl sites for hydroxylation is 1. The molecule has 1 aromatic rings. The number of alkyl halides is 2. The van der Waals surface area contributed by atoms with Crippen molar-refractivity contribution < 1.29 is 18.0 Å². The molecule has 0 aromatic heterocycles. The van der Waals surface area contributed by atoms with Crippen LogP contribution >= 0.6 is 0 Å². The summed E-state index contributed by atoms with van der Waals surface area (Å²) >= 11 is 0. The summed E-state index contributed by atoms with van der Waals surface area (Å²) in [6, 6.07) is 1.96. The van der Waals surface area contributed by atoms with Gasteiger partial charge in [0.2, 0.25) is 0 Å². The van der Waals surface area contributed by atoms with Gasteiger partial charge in [-0.3, -0.25) is 4.79 Å². The van der Waals surface area contributed by atoms with Crippen LogP contribution in [0.1, 0.15) is 41.8 Å². The molecule has 1 nitrogen and oxygen atoms in total. The first-order valence-corrected chi connectivity index (χ1v) is 4.58. The lowest BCUT2D eigenvalue weighted by Gasteiger charge is -2.09. The number of hydrogen-bond donors (Lipinski definition) is 0. The molecule has 1 rings (SSSR count). The number of ketones is 1. The highest BCUT2D eigenvalue weighted by molar-refractivity contribution is 5.95. The number of Topliss-reactive ketones (excluding diaryl/α,β-unsaturated/α-hetero) is 1. The van der Waals surface area contributed by atoms with Gasteiger partial charge in [-0.25, -0.2) is 13.2 Å². The van der Waals surface area contributed by atoms with Crippen LogP contribution in [0.15, 0.2) is 12.1 Å². The van der Waals surface area contributed by atoms with Crippen LogP contribution in [0.4, 0.5) is 13.2 Å². The van der Waals surface area contributed by atoms with E-state index in [1.54, 1.807) is 6.92 Å². The van der Waals surface area contributed by atoms with Crippen LogP contribution in [0.25, 0.3) is 0 Å². The van der Waals surface area contributed by atoms with Crippen LogP contribution in [-0.4, -0.2) is 5.78 Å². The van der Waals surface area contributed by atoms with E-state index in [2.05, 4.69) is 0 Å². The fourth-order valence-electron chi connectivity index (χ4n) is 1.39. The summed E-state index contributed by atoms with van der Waals surface area (Å²) in [5.41, 5.74) is -0.343. The van der Waals surface area contributed by atoms with E-state index < -0.39 is 23.6 Å². The molecule has 0 aliphatic rings. The van der Waals surface area contributed by atoms with Crippen molar-refractivity contribution in [2.24, 2.45) is 0 Å². The average Bonchev–Trinajstić information content (AvgIpc) is 2.16. The number of benzene rings is 1. The Bertz CT molecular complexity index is 386. The Hall–Kier alpha value is -1.32. The van der Waals surface area contributed by atoms with Crippen LogP contribution < -0.4 is 0 Å². The number of halogens is 3. The molecule has 0 spiro atoms. The lowest BCUT2D eigenvalue weighted by molar-refractivity contribution is 0.0998. The molecule has 82 valence electrons. The third-order valence-corrected chi connectivity index (χ3v) is 2.21. The van der Waals surface area contributed by atoms with Gasteiger partial charge < -0.3 is 0 Å². The molecule has 0 heterocycles. The standard InChI is InChI=1S/C11H11F3O/c1-3-7-4-8(6(2)15)9(11(13)14)5-10(7)12/h4-5,11H,3H2,1-2H3. The summed E-state index contributed by atoms with van der Waals surface area (Å²) in [6.45, 7) is 2.89. The summed E-state index contributed by atoms with van der Waals surface area (Å²) < 4.78 is 38.2. The van der Waals surface area contributed by atoms with Crippen molar-refractivity contribution in [2.75, 3.05) is 0 Å². The zero-order valence-electron chi connectivity index (χ0n) is 8.48. The topological polar surface area (TPSA) is 17.1 Å². The number of rotatable bonds is 3. The second-order valence-corrected chi connectivity index (χ2v) is 3.24. The molecule has 4 heteroatoms. The predicted molar refractivity (Wildman–Crippen MR) is 50.7 cm³/mol. The highest BCUT2D eigenvalue weighted by atomic mass is 19.3. The van der Waals surface area contributed by atoms with E-state index in [0.29, 0.717) is 6.42 Å². The largest absolute Gasteiger partial charge is 0.294 e. The van der Waals surface area contributed by atoms with E-state index in [1.807, 2.05) is 0 Å². The molecule has 0 fully saturated rings. The van der Waals surface area contributed by atoms with Crippen molar-refractivity contribution in [3.63, 3.8) is 0 Å². The zero-order valence-corrected chi connectivity index (χ0v) is 8.48. The maximum atomic E-state index is 13.2. The van der Waals surface area contributed by atoms with E-state index in [4.69, 9.17) is 0 Å². The number of hydrogen-bond acceptors (Lipinski definition) is 1. The first-order chi connectivity index (χ1) is 6.97. The summed E-state index contributed by atoms with van der Waals surface area (Å²) in [5.74, 6) is -1.15. The fourth-order valence-corrected chi connectivity index (χ4v) is 1.39. The molecule has 15 heavy (non-hydrogen) atoms. The molecule has 0 N–H and O–H groups in total. The zero-order chi connectivity index (χ0) is 11.6.